The third kappa shape index (κ3) is 5.70. The van der Waals surface area contributed by atoms with Crippen molar-refractivity contribution >= 4 is 34.9 Å². The Kier molecular flexibility index (Phi) is 7.94. The van der Waals surface area contributed by atoms with Crippen LogP contribution in [0.3, 0.4) is 0 Å². The van der Waals surface area contributed by atoms with Crippen LogP contribution < -0.4 is 9.47 Å². The minimum Gasteiger partial charge on any atom is -0.493 e. The van der Waals surface area contributed by atoms with E-state index in [1.54, 1.807) is 55.7 Å². The molecule has 0 atom stereocenters. The van der Waals surface area contributed by atoms with E-state index in [2.05, 4.69) is 12.6 Å². The van der Waals surface area contributed by atoms with Gasteiger partial charge in [-0.05, 0) is 60.0 Å². The van der Waals surface area contributed by atoms with E-state index >= 15 is 0 Å². The van der Waals surface area contributed by atoms with Crippen molar-refractivity contribution in [1.29, 1.82) is 5.26 Å². The molecule has 0 spiro atoms. The number of ether oxygens (including phenoxy) is 2. The van der Waals surface area contributed by atoms with Crippen LogP contribution >= 0.6 is 23.2 Å². The highest BCUT2D eigenvalue weighted by atomic mass is 35.5. The van der Waals surface area contributed by atoms with Gasteiger partial charge in [-0.2, -0.15) is 5.26 Å². The lowest BCUT2D eigenvalue weighted by atomic mass is 10.0. The van der Waals surface area contributed by atoms with Gasteiger partial charge in [-0.3, -0.25) is 0 Å². The van der Waals surface area contributed by atoms with Crippen LogP contribution in [0.2, 0.25) is 10.0 Å². The molecule has 0 aliphatic rings. The Morgan fingerprint density at radius 3 is 2.59 bits per heavy atom. The van der Waals surface area contributed by atoms with E-state index in [-0.39, 0.29) is 6.61 Å². The zero-order valence-electron chi connectivity index (χ0n) is 17.4. The first-order valence-electron chi connectivity index (χ1n) is 9.71. The fourth-order valence-corrected chi connectivity index (χ4v) is 3.64. The molecule has 32 heavy (non-hydrogen) atoms. The molecule has 0 fully saturated rings. The quantitative estimate of drug-likeness (QED) is 0.195. The van der Waals surface area contributed by atoms with Crippen LogP contribution in [0.5, 0.6) is 11.5 Å². The van der Waals surface area contributed by atoms with E-state index in [0.29, 0.717) is 39.1 Å². The molecule has 0 saturated carbocycles. The average Bonchev–Trinajstić information content (AvgIpc) is 2.77. The maximum Gasteiger partial charge on any atom is 0.165 e. The van der Waals surface area contributed by atoms with Crippen molar-refractivity contribution in [2.75, 3.05) is 7.11 Å². The number of nitrogens with zero attached hydrogens (tertiary/aromatic N) is 1. The van der Waals surface area contributed by atoms with Crippen LogP contribution in [0.15, 0.2) is 67.3 Å². The van der Waals surface area contributed by atoms with Crippen LogP contribution in [0.4, 0.5) is 4.39 Å². The zero-order chi connectivity index (χ0) is 23.1. The van der Waals surface area contributed by atoms with Crippen molar-refractivity contribution in [3.8, 4) is 17.6 Å². The second-order valence-corrected chi connectivity index (χ2v) is 7.75. The summed E-state index contributed by atoms with van der Waals surface area (Å²) in [4.78, 5) is 0. The lowest BCUT2D eigenvalue weighted by Crippen LogP contribution is -2.02. The predicted molar refractivity (Wildman–Crippen MR) is 128 cm³/mol. The number of halogens is 3. The monoisotopic (exact) mass is 467 g/mol. The Balaban J connectivity index is 1.99. The van der Waals surface area contributed by atoms with Crippen molar-refractivity contribution in [3.63, 3.8) is 0 Å². The van der Waals surface area contributed by atoms with E-state index in [1.807, 2.05) is 6.07 Å². The summed E-state index contributed by atoms with van der Waals surface area (Å²) in [6.07, 6.45) is 3.95. The van der Waals surface area contributed by atoms with Crippen LogP contribution in [-0.4, -0.2) is 7.11 Å². The molecule has 0 aliphatic heterocycles. The molecular weight excluding hydrogens is 448 g/mol. The summed E-state index contributed by atoms with van der Waals surface area (Å²) in [5, 5.41) is 10.7. The smallest absolute Gasteiger partial charge is 0.165 e. The van der Waals surface area contributed by atoms with E-state index in [4.69, 9.17) is 32.7 Å². The number of nitriles is 1. The maximum atomic E-state index is 13.6. The van der Waals surface area contributed by atoms with Crippen LogP contribution in [0.1, 0.15) is 22.3 Å². The van der Waals surface area contributed by atoms with Gasteiger partial charge in [0.1, 0.15) is 12.4 Å². The lowest BCUT2D eigenvalue weighted by Gasteiger charge is -2.16. The molecular formula is C26H20Cl2FNO2. The van der Waals surface area contributed by atoms with Gasteiger partial charge in [0.15, 0.2) is 11.5 Å². The Morgan fingerprint density at radius 1 is 1.12 bits per heavy atom. The van der Waals surface area contributed by atoms with E-state index < -0.39 is 5.82 Å². The van der Waals surface area contributed by atoms with Crippen molar-refractivity contribution in [2.45, 2.75) is 13.0 Å². The van der Waals surface area contributed by atoms with E-state index in [0.717, 1.165) is 16.7 Å². The standard InChI is InChI=1S/C26H20Cl2FNO2/c1-3-5-19-10-17(11-21(15-30)18-6-4-7-23(29)13-18)12-25(31-2)26(19)32-16-20-8-9-22(27)14-24(20)28/h3-4,6-14H,1,5,16H2,2H3/b21-11-. The fourth-order valence-electron chi connectivity index (χ4n) is 3.18. The molecule has 6 heteroatoms. The third-order valence-corrected chi connectivity index (χ3v) is 5.28. The second kappa shape index (κ2) is 10.9. The predicted octanol–water partition coefficient (Wildman–Crippen LogP) is 7.51. The summed E-state index contributed by atoms with van der Waals surface area (Å²) in [6, 6.07) is 16.9. The number of hydrogen-bond donors (Lipinski definition) is 0. The molecule has 3 aromatic carbocycles. The summed E-state index contributed by atoms with van der Waals surface area (Å²) >= 11 is 12.2. The molecule has 0 N–H and O–H groups in total. The largest absolute Gasteiger partial charge is 0.493 e. The molecule has 0 bridgehead atoms. The SMILES string of the molecule is C=CCc1cc(/C=C(/C#N)c2cccc(F)c2)cc(OC)c1OCc1ccc(Cl)cc1Cl. The minimum absolute atomic E-state index is 0.221. The Morgan fingerprint density at radius 2 is 1.94 bits per heavy atom. The highest BCUT2D eigenvalue weighted by Crippen LogP contribution is 2.36. The first-order valence-corrected chi connectivity index (χ1v) is 10.5. The average molecular weight is 468 g/mol. The zero-order valence-corrected chi connectivity index (χ0v) is 18.9. The normalized spacial score (nSPS) is 11.0. The number of allylic oxidation sites excluding steroid dienone is 2. The van der Waals surface area contributed by atoms with Gasteiger partial charge in [-0.25, -0.2) is 4.39 Å². The molecule has 3 rings (SSSR count). The molecule has 0 unspecified atom stereocenters. The maximum absolute atomic E-state index is 13.6. The first kappa shape index (κ1) is 23.4. The highest BCUT2D eigenvalue weighted by molar-refractivity contribution is 6.35. The van der Waals surface area contributed by atoms with E-state index in [1.165, 1.54) is 12.1 Å². The molecule has 3 nitrogen and oxygen atoms in total. The molecule has 0 amide bonds. The Hall–Kier alpha value is -3.26. The second-order valence-electron chi connectivity index (χ2n) is 6.91. The van der Waals surface area contributed by atoms with Gasteiger partial charge in [0.2, 0.25) is 0 Å². The molecule has 0 saturated heterocycles. The number of hydrogen-bond acceptors (Lipinski definition) is 3. The van der Waals surface area contributed by atoms with Gasteiger partial charge in [0.05, 0.1) is 18.8 Å². The summed E-state index contributed by atoms with van der Waals surface area (Å²) in [5.74, 6) is 0.648. The minimum atomic E-state index is -0.404. The topological polar surface area (TPSA) is 42.2 Å². The molecule has 0 heterocycles. The summed E-state index contributed by atoms with van der Waals surface area (Å²) in [6.45, 7) is 4.04. The summed E-state index contributed by atoms with van der Waals surface area (Å²) in [7, 11) is 1.54. The van der Waals surface area contributed by atoms with Gasteiger partial charge in [0, 0.05) is 21.2 Å². The molecule has 0 aliphatic carbocycles. The van der Waals surface area contributed by atoms with Crippen molar-refractivity contribution in [3.05, 3.63) is 105 Å². The number of rotatable bonds is 8. The van der Waals surface area contributed by atoms with Crippen molar-refractivity contribution in [1.82, 2.24) is 0 Å². The first-order chi connectivity index (χ1) is 15.4. The van der Waals surface area contributed by atoms with Gasteiger partial charge in [0.25, 0.3) is 0 Å². The molecule has 3 aromatic rings. The van der Waals surface area contributed by atoms with Gasteiger partial charge in [-0.1, -0.05) is 47.5 Å². The van der Waals surface area contributed by atoms with E-state index in [9.17, 15) is 9.65 Å². The number of methoxy groups -OCH3 is 1. The molecule has 0 aromatic heterocycles. The summed E-state index contributed by atoms with van der Waals surface area (Å²) < 4.78 is 25.2. The Labute approximate surface area is 196 Å². The van der Waals surface area contributed by atoms with Crippen molar-refractivity contribution in [2.24, 2.45) is 0 Å². The van der Waals surface area contributed by atoms with Crippen molar-refractivity contribution < 1.29 is 13.9 Å². The summed E-state index contributed by atoms with van der Waals surface area (Å²) in [5.41, 5.74) is 3.15. The third-order valence-electron chi connectivity index (χ3n) is 4.69. The van der Waals surface area contributed by atoms with Gasteiger partial charge in [-0.15, -0.1) is 6.58 Å². The van der Waals surface area contributed by atoms with Gasteiger partial charge >= 0.3 is 0 Å². The van der Waals surface area contributed by atoms with Crippen LogP contribution in [-0.2, 0) is 13.0 Å². The number of benzene rings is 3. The molecule has 162 valence electrons. The fraction of sp³-hybridized carbons (Fsp3) is 0.115. The van der Waals surface area contributed by atoms with Crippen LogP contribution in [0, 0.1) is 17.1 Å². The van der Waals surface area contributed by atoms with Crippen LogP contribution in [0.25, 0.3) is 11.6 Å². The lowest BCUT2D eigenvalue weighted by molar-refractivity contribution is 0.282. The molecule has 0 radical (unpaired) electrons. The highest BCUT2D eigenvalue weighted by Gasteiger charge is 2.14. The Bertz CT molecular complexity index is 1210. The van der Waals surface area contributed by atoms with Gasteiger partial charge < -0.3 is 9.47 Å².